The van der Waals surface area contributed by atoms with Gasteiger partial charge in [-0.2, -0.15) is 0 Å². The van der Waals surface area contributed by atoms with E-state index in [1.165, 1.54) is 31.7 Å². The maximum absolute atomic E-state index is 14.0. The van der Waals surface area contributed by atoms with Gasteiger partial charge in [-0.1, -0.05) is 31.0 Å². The summed E-state index contributed by atoms with van der Waals surface area (Å²) in [4.78, 5) is 9.59. The van der Waals surface area contributed by atoms with Gasteiger partial charge in [0.15, 0.2) is 0 Å². The minimum Gasteiger partial charge on any atom is -0.396 e. The zero-order valence-electron chi connectivity index (χ0n) is 15.3. The Hall–Kier alpha value is -1.56. The summed E-state index contributed by atoms with van der Waals surface area (Å²) in [6.07, 6.45) is 6.10. The van der Waals surface area contributed by atoms with Crippen molar-refractivity contribution in [2.24, 2.45) is 0 Å². The highest BCUT2D eigenvalue weighted by Crippen LogP contribution is 2.28. The Morgan fingerprint density at radius 2 is 1.96 bits per heavy atom. The second-order valence-corrected chi connectivity index (χ2v) is 7.69. The summed E-state index contributed by atoms with van der Waals surface area (Å²) in [7, 11) is 0. The molecule has 0 bridgehead atoms. The molecule has 2 fully saturated rings. The molecule has 1 aromatic carbocycles. The van der Waals surface area contributed by atoms with Crippen molar-refractivity contribution in [3.8, 4) is 0 Å². The number of fused-ring (bicyclic) bond motifs is 1. The molecule has 2 heterocycles. The van der Waals surface area contributed by atoms with Gasteiger partial charge in [0.25, 0.3) is 0 Å². The number of para-hydroxylation sites is 1. The molecule has 4 nitrogen and oxygen atoms in total. The molecule has 0 unspecified atom stereocenters. The third-order valence-corrected chi connectivity index (χ3v) is 5.98. The minimum absolute atomic E-state index is 0.237. The molecular weight excluding hydrogens is 329 g/mol. The van der Waals surface area contributed by atoms with Gasteiger partial charge in [0, 0.05) is 50.3 Å². The summed E-state index contributed by atoms with van der Waals surface area (Å²) < 4.78 is 14.0. The van der Waals surface area contributed by atoms with Crippen molar-refractivity contribution in [2.75, 3.05) is 26.2 Å². The fourth-order valence-electron chi connectivity index (χ4n) is 4.67. The SMILES string of the molecule is OCC[C@@H]1CN(Cc2ccc3cccc(F)c3n2)CCN1C1CCCC1. The molecule has 1 aliphatic carbocycles. The highest BCUT2D eigenvalue weighted by Gasteiger charge is 2.33. The van der Waals surface area contributed by atoms with E-state index >= 15 is 0 Å². The zero-order valence-corrected chi connectivity index (χ0v) is 15.3. The lowest BCUT2D eigenvalue weighted by Gasteiger charge is -2.44. The standard InChI is InChI=1S/C21H28FN3O/c22-20-7-3-4-16-8-9-17(23-21(16)20)14-24-11-12-25(18-5-1-2-6-18)19(15-24)10-13-26/h3-4,7-9,18-19,26H,1-2,5-6,10-15H2/t19-/m1/s1. The van der Waals surface area contributed by atoms with Gasteiger partial charge in [0.1, 0.15) is 11.3 Å². The molecule has 4 rings (SSSR count). The Balaban J connectivity index is 1.46. The van der Waals surface area contributed by atoms with Gasteiger partial charge in [-0.05, 0) is 31.4 Å². The van der Waals surface area contributed by atoms with Crippen LogP contribution in [-0.2, 0) is 6.54 Å². The van der Waals surface area contributed by atoms with E-state index in [4.69, 9.17) is 0 Å². The number of rotatable bonds is 5. The highest BCUT2D eigenvalue weighted by molar-refractivity contribution is 5.79. The zero-order chi connectivity index (χ0) is 17.9. The van der Waals surface area contributed by atoms with Crippen molar-refractivity contribution in [1.82, 2.24) is 14.8 Å². The number of halogens is 1. The summed E-state index contributed by atoms with van der Waals surface area (Å²) >= 11 is 0. The van der Waals surface area contributed by atoms with Crippen LogP contribution in [-0.4, -0.2) is 58.2 Å². The maximum Gasteiger partial charge on any atom is 0.149 e. The Morgan fingerprint density at radius 1 is 1.12 bits per heavy atom. The van der Waals surface area contributed by atoms with Crippen molar-refractivity contribution in [3.05, 3.63) is 41.8 Å². The van der Waals surface area contributed by atoms with Crippen LogP contribution in [0, 0.1) is 5.82 Å². The molecule has 1 aliphatic heterocycles. The number of benzene rings is 1. The summed E-state index contributed by atoms with van der Waals surface area (Å²) in [6.45, 7) is 3.99. The molecule has 1 saturated carbocycles. The highest BCUT2D eigenvalue weighted by atomic mass is 19.1. The first-order valence-corrected chi connectivity index (χ1v) is 9.87. The van der Waals surface area contributed by atoms with Crippen molar-refractivity contribution < 1.29 is 9.50 Å². The molecular formula is C21H28FN3O. The largest absolute Gasteiger partial charge is 0.396 e. The number of hydrogen-bond donors (Lipinski definition) is 1. The average Bonchev–Trinajstić information content (AvgIpc) is 3.17. The number of nitrogens with zero attached hydrogens (tertiary/aromatic N) is 3. The molecule has 140 valence electrons. The number of aliphatic hydroxyl groups excluding tert-OH is 1. The molecule has 0 amide bonds. The monoisotopic (exact) mass is 357 g/mol. The first-order valence-electron chi connectivity index (χ1n) is 9.87. The molecule has 1 atom stereocenters. The van der Waals surface area contributed by atoms with Gasteiger partial charge in [-0.15, -0.1) is 0 Å². The lowest BCUT2D eigenvalue weighted by molar-refractivity contribution is 0.0263. The Morgan fingerprint density at radius 3 is 2.77 bits per heavy atom. The molecule has 1 saturated heterocycles. The number of piperazine rings is 1. The molecule has 2 aliphatic rings. The topological polar surface area (TPSA) is 39.6 Å². The van der Waals surface area contributed by atoms with E-state index in [1.54, 1.807) is 6.07 Å². The molecule has 2 aromatic rings. The number of hydrogen-bond acceptors (Lipinski definition) is 4. The fraction of sp³-hybridized carbons (Fsp3) is 0.571. The normalized spacial score (nSPS) is 23.1. The molecule has 5 heteroatoms. The van der Waals surface area contributed by atoms with Gasteiger partial charge in [-0.25, -0.2) is 9.37 Å². The van der Waals surface area contributed by atoms with Crippen LogP contribution in [0.2, 0.25) is 0 Å². The smallest absolute Gasteiger partial charge is 0.149 e. The van der Waals surface area contributed by atoms with E-state index in [9.17, 15) is 9.50 Å². The van der Waals surface area contributed by atoms with Gasteiger partial charge < -0.3 is 5.11 Å². The van der Waals surface area contributed by atoms with Crippen molar-refractivity contribution in [3.63, 3.8) is 0 Å². The average molecular weight is 357 g/mol. The molecule has 0 radical (unpaired) electrons. The fourth-order valence-corrected chi connectivity index (χ4v) is 4.67. The van der Waals surface area contributed by atoms with Crippen LogP contribution in [0.4, 0.5) is 4.39 Å². The lowest BCUT2D eigenvalue weighted by Crippen LogP contribution is -2.56. The predicted molar refractivity (Wildman–Crippen MR) is 101 cm³/mol. The van der Waals surface area contributed by atoms with Crippen molar-refractivity contribution >= 4 is 10.9 Å². The van der Waals surface area contributed by atoms with E-state index < -0.39 is 0 Å². The second-order valence-electron chi connectivity index (χ2n) is 7.69. The van der Waals surface area contributed by atoms with Gasteiger partial charge in [0.05, 0.1) is 5.69 Å². The molecule has 0 spiro atoms. The lowest BCUT2D eigenvalue weighted by atomic mass is 10.0. The van der Waals surface area contributed by atoms with Gasteiger partial charge in [-0.3, -0.25) is 9.80 Å². The van der Waals surface area contributed by atoms with Crippen molar-refractivity contribution in [1.29, 1.82) is 0 Å². The van der Waals surface area contributed by atoms with Gasteiger partial charge in [0.2, 0.25) is 0 Å². The van der Waals surface area contributed by atoms with Crippen molar-refractivity contribution in [2.45, 2.75) is 50.7 Å². The van der Waals surface area contributed by atoms with Crippen LogP contribution < -0.4 is 0 Å². The van der Waals surface area contributed by atoms with Crippen LogP contribution in [0.15, 0.2) is 30.3 Å². The number of aliphatic hydroxyl groups is 1. The van der Waals surface area contributed by atoms with Crippen LogP contribution >= 0.6 is 0 Å². The molecule has 26 heavy (non-hydrogen) atoms. The first-order chi connectivity index (χ1) is 12.7. The molecule has 1 aromatic heterocycles. The Labute approximate surface area is 154 Å². The summed E-state index contributed by atoms with van der Waals surface area (Å²) in [5.41, 5.74) is 1.38. The summed E-state index contributed by atoms with van der Waals surface area (Å²) in [5.74, 6) is -0.256. The third kappa shape index (κ3) is 3.75. The van der Waals surface area contributed by atoms with Gasteiger partial charge >= 0.3 is 0 Å². The van der Waals surface area contributed by atoms with E-state index in [2.05, 4.69) is 14.8 Å². The van der Waals surface area contributed by atoms with E-state index in [0.29, 0.717) is 17.6 Å². The first kappa shape index (κ1) is 17.8. The quantitative estimate of drug-likeness (QED) is 0.892. The minimum atomic E-state index is -0.256. The van der Waals surface area contributed by atoms with E-state index in [1.807, 2.05) is 18.2 Å². The van der Waals surface area contributed by atoms with Crippen LogP contribution in [0.5, 0.6) is 0 Å². The summed E-state index contributed by atoms with van der Waals surface area (Å²) in [6, 6.07) is 10.2. The van der Waals surface area contributed by atoms with Crippen LogP contribution in [0.3, 0.4) is 0 Å². The van der Waals surface area contributed by atoms with E-state index in [-0.39, 0.29) is 12.4 Å². The number of pyridine rings is 1. The van der Waals surface area contributed by atoms with E-state index in [0.717, 1.165) is 43.7 Å². The Kier molecular flexibility index (Phi) is 5.48. The predicted octanol–water partition coefficient (Wildman–Crippen LogP) is 3.19. The van der Waals surface area contributed by atoms with Crippen LogP contribution in [0.25, 0.3) is 10.9 Å². The second kappa shape index (κ2) is 7.99. The Bertz CT molecular complexity index is 747. The molecule has 1 N–H and O–H groups in total. The maximum atomic E-state index is 14.0. The number of aromatic nitrogens is 1. The summed E-state index contributed by atoms with van der Waals surface area (Å²) in [5, 5.41) is 10.4. The van der Waals surface area contributed by atoms with Crippen LogP contribution in [0.1, 0.15) is 37.8 Å². The third-order valence-electron chi connectivity index (χ3n) is 5.98.